The van der Waals surface area contributed by atoms with Crippen LogP contribution in [0, 0.1) is 5.41 Å². The highest BCUT2D eigenvalue weighted by molar-refractivity contribution is 6.76. The molecule has 0 fully saturated rings. The quantitative estimate of drug-likeness (QED) is 0.285. The van der Waals surface area contributed by atoms with Crippen LogP contribution >= 0.6 is 0 Å². The molecule has 0 unspecified atom stereocenters. The van der Waals surface area contributed by atoms with Crippen LogP contribution in [0.25, 0.3) is 0 Å². The zero-order valence-corrected chi connectivity index (χ0v) is 19.3. The Morgan fingerprint density at radius 1 is 1.00 bits per heavy atom. The highest BCUT2D eigenvalue weighted by Crippen LogP contribution is 2.29. The van der Waals surface area contributed by atoms with Crippen molar-refractivity contribution in [3.8, 4) is 0 Å². The van der Waals surface area contributed by atoms with E-state index >= 15 is 0 Å². The molecule has 0 heterocycles. The Hall–Kier alpha value is -0.136. The van der Waals surface area contributed by atoms with Gasteiger partial charge in [-0.2, -0.15) is 0 Å². The van der Waals surface area contributed by atoms with Crippen LogP contribution in [-0.2, 0) is 14.0 Å². The summed E-state index contributed by atoms with van der Waals surface area (Å²) >= 11 is 0. The van der Waals surface area contributed by atoms with E-state index in [1.54, 1.807) is 0 Å². The van der Waals surface area contributed by atoms with Gasteiger partial charge < -0.3 is 9.16 Å². The van der Waals surface area contributed by atoms with Crippen molar-refractivity contribution >= 4 is 22.4 Å². The van der Waals surface area contributed by atoms with Gasteiger partial charge in [-0.15, -0.1) is 0 Å². The van der Waals surface area contributed by atoms with Gasteiger partial charge >= 0.3 is 5.97 Å². The lowest BCUT2D eigenvalue weighted by molar-refractivity contribution is -0.154. The second-order valence-corrected chi connectivity index (χ2v) is 19.5. The van der Waals surface area contributed by atoms with Gasteiger partial charge in [-0.05, 0) is 65.7 Å². The average Bonchev–Trinajstić information content (AvgIpc) is 2.29. The topological polar surface area (TPSA) is 35.5 Å². The predicted octanol–water partition coefficient (Wildman–Crippen LogP) is 5.69. The summed E-state index contributed by atoms with van der Waals surface area (Å²) in [4.78, 5) is 12.0. The molecule has 0 saturated heterocycles. The predicted molar refractivity (Wildman–Crippen MR) is 105 cm³/mol. The monoisotopic (exact) mass is 360 g/mol. The summed E-state index contributed by atoms with van der Waals surface area (Å²) in [5.41, 5.74) is -0.413. The second-order valence-electron chi connectivity index (χ2n) is 9.84. The van der Waals surface area contributed by atoms with E-state index in [0.29, 0.717) is 6.61 Å². The van der Waals surface area contributed by atoms with E-state index in [1.807, 2.05) is 20.8 Å². The fraction of sp³-hybridized carbons (Fsp3) is 0.944. The first-order chi connectivity index (χ1) is 10.1. The number of carbonyl (C=O) groups is 1. The third-order valence-corrected chi connectivity index (χ3v) is 8.68. The Morgan fingerprint density at radius 2 is 1.52 bits per heavy atom. The number of hydrogen-bond donors (Lipinski definition) is 0. The largest absolute Gasteiger partial charge is 0.465 e. The maximum Gasteiger partial charge on any atom is 0.311 e. The summed E-state index contributed by atoms with van der Waals surface area (Å²) in [6.07, 6.45) is 1.70. The van der Waals surface area contributed by atoms with Gasteiger partial charge in [-0.3, -0.25) is 4.79 Å². The minimum atomic E-state index is -1.73. The van der Waals surface area contributed by atoms with Crippen LogP contribution in [0.3, 0.4) is 0 Å². The average molecular weight is 361 g/mol. The molecule has 138 valence electrons. The molecule has 0 aromatic carbocycles. The fourth-order valence-corrected chi connectivity index (χ4v) is 8.55. The minimum Gasteiger partial charge on any atom is -0.465 e. The van der Waals surface area contributed by atoms with Crippen LogP contribution in [-0.4, -0.2) is 34.6 Å². The third kappa shape index (κ3) is 10.4. The summed E-state index contributed by atoms with van der Waals surface area (Å²) in [5, 5.41) is 0. The molecule has 0 aliphatic carbocycles. The normalized spacial score (nSPS) is 14.0. The summed E-state index contributed by atoms with van der Waals surface area (Å²) in [6, 6.07) is 2.21. The molecule has 0 rings (SSSR count). The molecule has 0 bridgehead atoms. The van der Waals surface area contributed by atoms with Crippen LogP contribution in [0.5, 0.6) is 0 Å². The first kappa shape index (κ1) is 22.9. The molecule has 0 spiro atoms. The molecular formula is C18H40O3Si2. The lowest BCUT2D eigenvalue weighted by atomic mass is 9.91. The van der Waals surface area contributed by atoms with E-state index in [4.69, 9.17) is 9.16 Å². The van der Waals surface area contributed by atoms with Gasteiger partial charge in [-0.1, -0.05) is 26.6 Å². The zero-order chi connectivity index (χ0) is 18.5. The third-order valence-electron chi connectivity index (χ3n) is 4.10. The standard InChI is InChI=1S/C18H40O3Si2/c1-11-17(2,3)16(19)20-13-12-14-23(9,10)21-18(4,5)15-22(6,7)8/h11-15H2,1-10H3. The Balaban J connectivity index is 4.31. The Kier molecular flexibility index (Phi) is 8.25. The Morgan fingerprint density at radius 3 is 1.96 bits per heavy atom. The van der Waals surface area contributed by atoms with Crippen LogP contribution in [0.4, 0.5) is 0 Å². The van der Waals surface area contributed by atoms with Crippen molar-refractivity contribution in [2.45, 2.75) is 97.9 Å². The summed E-state index contributed by atoms with van der Waals surface area (Å²) in [5.74, 6) is -0.0838. The van der Waals surface area contributed by atoms with E-state index in [2.05, 4.69) is 46.6 Å². The van der Waals surface area contributed by atoms with Gasteiger partial charge in [0, 0.05) is 13.7 Å². The molecule has 23 heavy (non-hydrogen) atoms. The van der Waals surface area contributed by atoms with E-state index in [0.717, 1.165) is 18.9 Å². The van der Waals surface area contributed by atoms with Crippen LogP contribution in [0.1, 0.15) is 47.5 Å². The highest BCUT2D eigenvalue weighted by atomic mass is 28.4. The minimum absolute atomic E-state index is 0.0406. The summed E-state index contributed by atoms with van der Waals surface area (Å²) in [7, 11) is -2.88. The first-order valence-corrected chi connectivity index (χ1v) is 15.8. The maximum atomic E-state index is 12.0. The van der Waals surface area contributed by atoms with Gasteiger partial charge in [0.05, 0.1) is 12.0 Å². The molecule has 0 aliphatic rings. The molecule has 0 saturated carbocycles. The molecule has 0 radical (unpaired) electrons. The van der Waals surface area contributed by atoms with Crippen molar-refractivity contribution in [2.24, 2.45) is 5.41 Å². The van der Waals surface area contributed by atoms with Crippen LogP contribution in [0.2, 0.25) is 44.8 Å². The molecule has 0 amide bonds. The van der Waals surface area contributed by atoms with Crippen molar-refractivity contribution in [3.63, 3.8) is 0 Å². The SMILES string of the molecule is CCC(C)(C)C(=O)OCCC[Si](C)(C)OC(C)(C)C[Si](C)(C)C. The number of rotatable bonds is 10. The van der Waals surface area contributed by atoms with Crippen molar-refractivity contribution in [1.29, 1.82) is 0 Å². The van der Waals surface area contributed by atoms with E-state index in [1.165, 1.54) is 6.04 Å². The van der Waals surface area contributed by atoms with Gasteiger partial charge in [0.1, 0.15) is 0 Å². The van der Waals surface area contributed by atoms with Gasteiger partial charge in [0.25, 0.3) is 0 Å². The van der Waals surface area contributed by atoms with E-state index in [-0.39, 0.29) is 17.0 Å². The van der Waals surface area contributed by atoms with Crippen molar-refractivity contribution in [2.75, 3.05) is 6.61 Å². The molecule has 0 N–H and O–H groups in total. The van der Waals surface area contributed by atoms with Crippen molar-refractivity contribution in [3.05, 3.63) is 0 Å². The molecule has 0 aromatic heterocycles. The number of hydrogen-bond acceptors (Lipinski definition) is 3. The van der Waals surface area contributed by atoms with E-state index < -0.39 is 16.4 Å². The second kappa shape index (κ2) is 8.30. The molecule has 3 nitrogen and oxygen atoms in total. The summed E-state index contributed by atoms with van der Waals surface area (Å²) in [6.45, 7) is 22.6. The highest BCUT2D eigenvalue weighted by Gasteiger charge is 2.34. The molecule has 5 heteroatoms. The smallest absolute Gasteiger partial charge is 0.311 e. The molecule has 0 aliphatic heterocycles. The zero-order valence-electron chi connectivity index (χ0n) is 17.3. The van der Waals surface area contributed by atoms with Gasteiger partial charge in [0.2, 0.25) is 0 Å². The van der Waals surface area contributed by atoms with Crippen molar-refractivity contribution < 1.29 is 14.0 Å². The number of carbonyl (C=O) groups excluding carboxylic acids is 1. The number of esters is 1. The molecular weight excluding hydrogens is 320 g/mol. The Labute approximate surface area is 146 Å². The maximum absolute atomic E-state index is 12.0. The van der Waals surface area contributed by atoms with Gasteiger partial charge in [-0.25, -0.2) is 0 Å². The Bertz CT molecular complexity index is 382. The van der Waals surface area contributed by atoms with Crippen molar-refractivity contribution in [1.82, 2.24) is 0 Å². The summed E-state index contributed by atoms with van der Waals surface area (Å²) < 4.78 is 12.0. The molecule has 0 atom stereocenters. The lowest BCUT2D eigenvalue weighted by Gasteiger charge is -2.38. The molecule has 0 aromatic rings. The van der Waals surface area contributed by atoms with Crippen LogP contribution < -0.4 is 0 Å². The number of ether oxygens (including phenoxy) is 1. The first-order valence-electron chi connectivity index (χ1n) is 8.98. The fourth-order valence-electron chi connectivity index (χ4n) is 3.11. The van der Waals surface area contributed by atoms with E-state index in [9.17, 15) is 4.79 Å². The van der Waals surface area contributed by atoms with Crippen LogP contribution in [0.15, 0.2) is 0 Å². The van der Waals surface area contributed by atoms with Gasteiger partial charge in [0.15, 0.2) is 8.32 Å². The lowest BCUT2D eigenvalue weighted by Crippen LogP contribution is -2.44.